The Labute approximate surface area is 176 Å². The number of amides is 1. The maximum atomic E-state index is 12.4. The molecule has 1 amide bonds. The number of benzene rings is 2. The van der Waals surface area contributed by atoms with E-state index in [1.165, 1.54) is 0 Å². The van der Waals surface area contributed by atoms with Crippen LogP contribution in [0.15, 0.2) is 38.3 Å². The molecule has 0 heterocycles. The maximum Gasteiger partial charge on any atom is 0.271 e. The van der Waals surface area contributed by atoms with Gasteiger partial charge < -0.3 is 9.47 Å². The SMILES string of the molecule is COc1cc(C)c(/C=N/NC(=O)c2cc(Br)c(OC)c(Br)c2)cc1C(C)C. The molecule has 27 heavy (non-hydrogen) atoms. The van der Waals surface area contributed by atoms with Crippen LogP contribution < -0.4 is 14.9 Å². The lowest BCUT2D eigenvalue weighted by Crippen LogP contribution is -2.18. The lowest BCUT2D eigenvalue weighted by molar-refractivity contribution is 0.0955. The molecule has 0 atom stereocenters. The van der Waals surface area contributed by atoms with Gasteiger partial charge in [-0.1, -0.05) is 13.8 Å². The normalized spacial score (nSPS) is 11.1. The fraction of sp³-hybridized carbons (Fsp3) is 0.300. The third kappa shape index (κ3) is 5.11. The van der Waals surface area contributed by atoms with Gasteiger partial charge in [0.1, 0.15) is 11.5 Å². The molecule has 7 heteroatoms. The summed E-state index contributed by atoms with van der Waals surface area (Å²) in [6.45, 7) is 6.19. The topological polar surface area (TPSA) is 59.9 Å². The van der Waals surface area contributed by atoms with E-state index in [4.69, 9.17) is 9.47 Å². The van der Waals surface area contributed by atoms with Crippen molar-refractivity contribution in [3.63, 3.8) is 0 Å². The molecule has 2 aromatic rings. The van der Waals surface area contributed by atoms with Crippen LogP contribution in [0.2, 0.25) is 0 Å². The van der Waals surface area contributed by atoms with Gasteiger partial charge in [0.25, 0.3) is 5.91 Å². The zero-order valence-electron chi connectivity index (χ0n) is 15.9. The average Bonchev–Trinajstić information content (AvgIpc) is 2.61. The standard InChI is InChI=1S/C20H22Br2N2O3/c1-11(2)15-7-14(12(3)6-18(15)26-4)10-23-24-20(25)13-8-16(21)19(27-5)17(22)9-13/h6-11H,1-5H3,(H,24,25)/b23-10+. The predicted octanol–water partition coefficient (Wildman–Crippen LogP) is 5.42. The van der Waals surface area contributed by atoms with Crippen molar-refractivity contribution in [3.8, 4) is 11.5 Å². The van der Waals surface area contributed by atoms with Crippen molar-refractivity contribution in [1.29, 1.82) is 0 Å². The Morgan fingerprint density at radius 1 is 1.11 bits per heavy atom. The zero-order chi connectivity index (χ0) is 20.1. The largest absolute Gasteiger partial charge is 0.496 e. The van der Waals surface area contributed by atoms with E-state index in [1.807, 2.05) is 19.1 Å². The van der Waals surface area contributed by atoms with Crippen molar-refractivity contribution in [2.75, 3.05) is 14.2 Å². The van der Waals surface area contributed by atoms with Crippen molar-refractivity contribution in [1.82, 2.24) is 5.43 Å². The van der Waals surface area contributed by atoms with Crippen molar-refractivity contribution in [3.05, 3.63) is 55.5 Å². The molecule has 0 aliphatic rings. The number of nitrogens with zero attached hydrogens (tertiary/aromatic N) is 1. The second-order valence-electron chi connectivity index (χ2n) is 6.28. The molecule has 0 aliphatic carbocycles. The van der Waals surface area contributed by atoms with Gasteiger partial charge >= 0.3 is 0 Å². The summed E-state index contributed by atoms with van der Waals surface area (Å²) in [5, 5.41) is 4.11. The number of carbonyl (C=O) groups excluding carboxylic acids is 1. The number of methoxy groups -OCH3 is 2. The molecular formula is C20H22Br2N2O3. The lowest BCUT2D eigenvalue weighted by Gasteiger charge is -2.14. The van der Waals surface area contributed by atoms with Crippen LogP contribution in [0.1, 0.15) is 46.8 Å². The summed E-state index contributed by atoms with van der Waals surface area (Å²) < 4.78 is 12.1. The van der Waals surface area contributed by atoms with Crippen molar-refractivity contribution >= 4 is 44.0 Å². The fourth-order valence-corrected chi connectivity index (χ4v) is 4.10. The number of rotatable bonds is 6. The monoisotopic (exact) mass is 496 g/mol. The first-order valence-electron chi connectivity index (χ1n) is 8.33. The first-order chi connectivity index (χ1) is 12.8. The molecule has 2 rings (SSSR count). The summed E-state index contributed by atoms with van der Waals surface area (Å²) in [5.74, 6) is 1.49. The van der Waals surface area contributed by atoms with Crippen LogP contribution >= 0.6 is 31.9 Å². The molecule has 0 aromatic heterocycles. The summed E-state index contributed by atoms with van der Waals surface area (Å²) in [6.07, 6.45) is 1.65. The molecule has 0 radical (unpaired) electrons. The van der Waals surface area contributed by atoms with E-state index in [9.17, 15) is 4.79 Å². The Bertz CT molecular complexity index is 857. The fourth-order valence-electron chi connectivity index (χ4n) is 2.59. The number of carbonyl (C=O) groups is 1. The summed E-state index contributed by atoms with van der Waals surface area (Å²) >= 11 is 6.78. The molecule has 0 aliphatic heterocycles. The minimum Gasteiger partial charge on any atom is -0.496 e. The molecule has 0 saturated carbocycles. The summed E-state index contributed by atoms with van der Waals surface area (Å²) in [5.41, 5.74) is 6.06. The number of halogens is 2. The number of ether oxygens (including phenoxy) is 2. The Morgan fingerprint density at radius 2 is 1.74 bits per heavy atom. The number of hydrogen-bond acceptors (Lipinski definition) is 4. The van der Waals surface area contributed by atoms with E-state index in [0.717, 1.165) is 22.4 Å². The molecule has 0 bridgehead atoms. The predicted molar refractivity (Wildman–Crippen MR) is 115 cm³/mol. The van der Waals surface area contributed by atoms with Gasteiger partial charge in [0.05, 0.1) is 29.4 Å². The van der Waals surface area contributed by atoms with Crippen molar-refractivity contribution < 1.29 is 14.3 Å². The van der Waals surface area contributed by atoms with Crippen LogP contribution in [0.3, 0.4) is 0 Å². The molecule has 0 spiro atoms. The van der Waals surface area contributed by atoms with Gasteiger partial charge in [-0.05, 0) is 85.7 Å². The quantitative estimate of drug-likeness (QED) is 0.428. The number of aryl methyl sites for hydroxylation is 1. The van der Waals surface area contributed by atoms with Crippen LogP contribution in [-0.2, 0) is 0 Å². The Hall–Kier alpha value is -1.86. The van der Waals surface area contributed by atoms with Gasteiger partial charge in [0.15, 0.2) is 0 Å². The highest BCUT2D eigenvalue weighted by Gasteiger charge is 2.13. The maximum absolute atomic E-state index is 12.4. The highest BCUT2D eigenvalue weighted by atomic mass is 79.9. The van der Waals surface area contributed by atoms with E-state index >= 15 is 0 Å². The molecule has 144 valence electrons. The van der Waals surface area contributed by atoms with Gasteiger partial charge in [-0.2, -0.15) is 5.10 Å². The lowest BCUT2D eigenvalue weighted by atomic mass is 9.97. The minimum atomic E-state index is -0.314. The van der Waals surface area contributed by atoms with Gasteiger partial charge in [0.2, 0.25) is 0 Å². The highest BCUT2D eigenvalue weighted by molar-refractivity contribution is 9.11. The van der Waals surface area contributed by atoms with E-state index in [2.05, 4.69) is 56.2 Å². The molecule has 0 unspecified atom stereocenters. The van der Waals surface area contributed by atoms with Crippen molar-refractivity contribution in [2.24, 2.45) is 5.10 Å². The van der Waals surface area contributed by atoms with Gasteiger partial charge in [-0.25, -0.2) is 5.43 Å². The van der Waals surface area contributed by atoms with Crippen LogP contribution in [0.5, 0.6) is 11.5 Å². The van der Waals surface area contributed by atoms with E-state index in [0.29, 0.717) is 26.2 Å². The molecule has 1 N–H and O–H groups in total. The third-order valence-corrected chi connectivity index (χ3v) is 5.25. The second kappa shape index (κ2) is 9.37. The summed E-state index contributed by atoms with van der Waals surface area (Å²) in [6, 6.07) is 7.39. The second-order valence-corrected chi connectivity index (χ2v) is 7.99. The first-order valence-corrected chi connectivity index (χ1v) is 9.92. The van der Waals surface area contributed by atoms with Crippen LogP contribution in [-0.4, -0.2) is 26.3 Å². The van der Waals surface area contributed by atoms with Crippen LogP contribution in [0.4, 0.5) is 0 Å². The summed E-state index contributed by atoms with van der Waals surface area (Å²) in [4.78, 5) is 12.4. The molecule has 2 aromatic carbocycles. The third-order valence-electron chi connectivity index (χ3n) is 4.07. The molecule has 0 fully saturated rings. The molecule has 0 saturated heterocycles. The number of nitrogens with one attached hydrogen (secondary N) is 1. The van der Waals surface area contributed by atoms with Crippen molar-refractivity contribution in [2.45, 2.75) is 26.7 Å². The van der Waals surface area contributed by atoms with E-state index in [-0.39, 0.29) is 5.91 Å². The molecule has 5 nitrogen and oxygen atoms in total. The van der Waals surface area contributed by atoms with Crippen LogP contribution in [0.25, 0.3) is 0 Å². The average molecular weight is 498 g/mol. The Balaban J connectivity index is 2.20. The first kappa shape index (κ1) is 21.4. The van der Waals surface area contributed by atoms with Gasteiger partial charge in [0, 0.05) is 5.56 Å². The zero-order valence-corrected chi connectivity index (χ0v) is 19.1. The van der Waals surface area contributed by atoms with E-state index < -0.39 is 0 Å². The van der Waals surface area contributed by atoms with Gasteiger partial charge in [-0.3, -0.25) is 4.79 Å². The van der Waals surface area contributed by atoms with Crippen LogP contribution in [0, 0.1) is 6.92 Å². The summed E-state index contributed by atoms with van der Waals surface area (Å²) in [7, 11) is 3.23. The highest BCUT2D eigenvalue weighted by Crippen LogP contribution is 2.34. The smallest absolute Gasteiger partial charge is 0.271 e. The number of hydrogen-bond donors (Lipinski definition) is 1. The number of hydrazone groups is 1. The Morgan fingerprint density at radius 3 is 2.26 bits per heavy atom. The minimum absolute atomic E-state index is 0.314. The Kier molecular flexibility index (Phi) is 7.44. The molecular weight excluding hydrogens is 476 g/mol. The van der Waals surface area contributed by atoms with E-state index in [1.54, 1.807) is 32.6 Å². The van der Waals surface area contributed by atoms with Gasteiger partial charge in [-0.15, -0.1) is 0 Å².